The summed E-state index contributed by atoms with van der Waals surface area (Å²) >= 11 is 0. The standard InChI is InChI=1S/C15H20O/c1-2-3-4-5-6-7-11-14-16-15-12-9-8-10-13-15/h3-4,6-10,12-13H,2,5,11,14H2,1H3/b4-3-,7-6-. The summed E-state index contributed by atoms with van der Waals surface area (Å²) in [6.45, 7) is 2.89. The molecule has 0 aliphatic heterocycles. The van der Waals surface area contributed by atoms with Gasteiger partial charge in [-0.1, -0.05) is 49.4 Å². The zero-order valence-corrected chi connectivity index (χ0v) is 9.93. The van der Waals surface area contributed by atoms with Gasteiger partial charge in [0.05, 0.1) is 6.61 Å². The second-order valence-electron chi connectivity index (χ2n) is 3.54. The van der Waals surface area contributed by atoms with E-state index in [-0.39, 0.29) is 0 Å². The second kappa shape index (κ2) is 8.78. The monoisotopic (exact) mass is 216 g/mol. The normalized spacial score (nSPS) is 11.3. The molecule has 1 heteroatoms. The minimum atomic E-state index is 0.748. The molecule has 0 saturated carbocycles. The average molecular weight is 216 g/mol. The molecule has 0 bridgehead atoms. The van der Waals surface area contributed by atoms with Crippen molar-refractivity contribution in [2.24, 2.45) is 0 Å². The smallest absolute Gasteiger partial charge is 0.119 e. The molecule has 1 rings (SSSR count). The fourth-order valence-corrected chi connectivity index (χ4v) is 1.32. The average Bonchev–Trinajstić information content (AvgIpc) is 2.34. The third kappa shape index (κ3) is 6.07. The Balaban J connectivity index is 2.06. The Morgan fingerprint density at radius 3 is 2.50 bits per heavy atom. The van der Waals surface area contributed by atoms with Crippen LogP contribution in [-0.2, 0) is 0 Å². The summed E-state index contributed by atoms with van der Waals surface area (Å²) in [5, 5.41) is 0. The quantitative estimate of drug-likeness (QED) is 0.486. The molecule has 1 nitrogen and oxygen atoms in total. The maximum atomic E-state index is 5.56. The van der Waals surface area contributed by atoms with E-state index >= 15 is 0 Å². The molecule has 0 aliphatic carbocycles. The molecule has 1 aromatic carbocycles. The predicted molar refractivity (Wildman–Crippen MR) is 69.7 cm³/mol. The SMILES string of the molecule is CC/C=C\C/C=C\CCOc1ccccc1. The van der Waals surface area contributed by atoms with E-state index in [1.807, 2.05) is 30.3 Å². The molecule has 0 spiro atoms. The van der Waals surface area contributed by atoms with Crippen molar-refractivity contribution in [2.75, 3.05) is 6.61 Å². The summed E-state index contributed by atoms with van der Waals surface area (Å²) in [5.41, 5.74) is 0. The van der Waals surface area contributed by atoms with Crippen LogP contribution in [0.3, 0.4) is 0 Å². The molecule has 0 fully saturated rings. The van der Waals surface area contributed by atoms with Crippen molar-refractivity contribution in [1.29, 1.82) is 0 Å². The number of ether oxygens (including phenoxy) is 1. The first-order valence-corrected chi connectivity index (χ1v) is 5.91. The van der Waals surface area contributed by atoms with Gasteiger partial charge < -0.3 is 4.74 Å². The minimum absolute atomic E-state index is 0.748. The third-order valence-electron chi connectivity index (χ3n) is 2.14. The van der Waals surface area contributed by atoms with Gasteiger partial charge in [0.1, 0.15) is 5.75 Å². The Labute approximate surface area is 98.5 Å². The highest BCUT2D eigenvalue weighted by molar-refractivity contribution is 5.20. The fraction of sp³-hybridized carbons (Fsp3) is 0.333. The zero-order chi connectivity index (χ0) is 11.5. The van der Waals surface area contributed by atoms with E-state index in [2.05, 4.69) is 31.2 Å². The van der Waals surface area contributed by atoms with Crippen LogP contribution >= 0.6 is 0 Å². The molecule has 86 valence electrons. The van der Waals surface area contributed by atoms with Crippen molar-refractivity contribution in [1.82, 2.24) is 0 Å². The summed E-state index contributed by atoms with van der Waals surface area (Å²) in [5.74, 6) is 0.946. The molecule has 1 aromatic rings. The van der Waals surface area contributed by atoms with Crippen LogP contribution in [0.5, 0.6) is 5.75 Å². The lowest BCUT2D eigenvalue weighted by molar-refractivity contribution is 0.325. The van der Waals surface area contributed by atoms with Crippen molar-refractivity contribution < 1.29 is 4.74 Å². The van der Waals surface area contributed by atoms with Crippen LogP contribution in [-0.4, -0.2) is 6.61 Å². The predicted octanol–water partition coefficient (Wildman–Crippen LogP) is 4.37. The summed E-state index contributed by atoms with van der Waals surface area (Å²) in [6, 6.07) is 9.93. The van der Waals surface area contributed by atoms with E-state index in [0.717, 1.165) is 31.6 Å². The van der Waals surface area contributed by atoms with Gasteiger partial charge >= 0.3 is 0 Å². The molecule has 0 radical (unpaired) electrons. The number of rotatable bonds is 7. The minimum Gasteiger partial charge on any atom is -0.493 e. The van der Waals surface area contributed by atoms with Gasteiger partial charge in [0.15, 0.2) is 0 Å². The molecule has 0 heterocycles. The second-order valence-corrected chi connectivity index (χ2v) is 3.54. The Morgan fingerprint density at radius 1 is 1.00 bits per heavy atom. The Kier molecular flexibility index (Phi) is 6.90. The van der Waals surface area contributed by atoms with Gasteiger partial charge in [-0.25, -0.2) is 0 Å². The highest BCUT2D eigenvalue weighted by atomic mass is 16.5. The number of hydrogen-bond donors (Lipinski definition) is 0. The van der Waals surface area contributed by atoms with Gasteiger partial charge in [0, 0.05) is 0 Å². The van der Waals surface area contributed by atoms with Crippen LogP contribution in [0.15, 0.2) is 54.6 Å². The van der Waals surface area contributed by atoms with Crippen molar-refractivity contribution >= 4 is 0 Å². The Hall–Kier alpha value is -1.50. The first kappa shape index (κ1) is 12.6. The summed E-state index contributed by atoms with van der Waals surface area (Å²) in [7, 11) is 0. The number of benzene rings is 1. The van der Waals surface area contributed by atoms with Gasteiger partial charge in [-0.2, -0.15) is 0 Å². The van der Waals surface area contributed by atoms with Crippen LogP contribution in [0.1, 0.15) is 26.2 Å². The zero-order valence-electron chi connectivity index (χ0n) is 9.93. The fourth-order valence-electron chi connectivity index (χ4n) is 1.32. The molecule has 16 heavy (non-hydrogen) atoms. The largest absolute Gasteiger partial charge is 0.493 e. The van der Waals surface area contributed by atoms with Crippen molar-refractivity contribution in [2.45, 2.75) is 26.2 Å². The van der Waals surface area contributed by atoms with Crippen molar-refractivity contribution in [3.63, 3.8) is 0 Å². The van der Waals surface area contributed by atoms with E-state index in [0.29, 0.717) is 0 Å². The van der Waals surface area contributed by atoms with Crippen LogP contribution in [0.4, 0.5) is 0 Å². The number of allylic oxidation sites excluding steroid dienone is 3. The summed E-state index contributed by atoms with van der Waals surface area (Å²) in [6.07, 6.45) is 11.8. The highest BCUT2D eigenvalue weighted by Crippen LogP contribution is 2.08. The first-order chi connectivity index (χ1) is 7.93. The van der Waals surface area contributed by atoms with Crippen LogP contribution in [0, 0.1) is 0 Å². The van der Waals surface area contributed by atoms with E-state index in [1.165, 1.54) is 0 Å². The van der Waals surface area contributed by atoms with Gasteiger partial charge in [-0.3, -0.25) is 0 Å². The van der Waals surface area contributed by atoms with Crippen molar-refractivity contribution in [3.8, 4) is 5.75 Å². The Bertz CT molecular complexity index is 311. The van der Waals surface area contributed by atoms with E-state index in [9.17, 15) is 0 Å². The molecule has 0 amide bonds. The molecule has 0 unspecified atom stereocenters. The Morgan fingerprint density at radius 2 is 1.75 bits per heavy atom. The van der Waals surface area contributed by atoms with Gasteiger partial charge in [-0.15, -0.1) is 0 Å². The molecule has 0 aromatic heterocycles. The maximum absolute atomic E-state index is 5.56. The molecular formula is C15H20O. The molecule has 0 atom stereocenters. The molecule has 0 N–H and O–H groups in total. The lowest BCUT2D eigenvalue weighted by Crippen LogP contribution is -1.94. The van der Waals surface area contributed by atoms with E-state index < -0.39 is 0 Å². The van der Waals surface area contributed by atoms with Crippen LogP contribution in [0.2, 0.25) is 0 Å². The molecule has 0 saturated heterocycles. The molecule has 0 aliphatic rings. The van der Waals surface area contributed by atoms with Gasteiger partial charge in [0.25, 0.3) is 0 Å². The first-order valence-electron chi connectivity index (χ1n) is 5.91. The molecular weight excluding hydrogens is 196 g/mol. The third-order valence-corrected chi connectivity index (χ3v) is 2.14. The van der Waals surface area contributed by atoms with Crippen LogP contribution < -0.4 is 4.74 Å². The maximum Gasteiger partial charge on any atom is 0.119 e. The van der Waals surface area contributed by atoms with Crippen LogP contribution in [0.25, 0.3) is 0 Å². The lowest BCUT2D eigenvalue weighted by Gasteiger charge is -2.02. The lowest BCUT2D eigenvalue weighted by atomic mass is 10.3. The van der Waals surface area contributed by atoms with E-state index in [4.69, 9.17) is 4.74 Å². The topological polar surface area (TPSA) is 9.23 Å². The number of para-hydroxylation sites is 1. The van der Waals surface area contributed by atoms with Gasteiger partial charge in [0.2, 0.25) is 0 Å². The highest BCUT2D eigenvalue weighted by Gasteiger charge is 1.88. The number of hydrogen-bond acceptors (Lipinski definition) is 1. The summed E-state index contributed by atoms with van der Waals surface area (Å²) in [4.78, 5) is 0. The van der Waals surface area contributed by atoms with Gasteiger partial charge in [-0.05, 0) is 31.4 Å². The van der Waals surface area contributed by atoms with E-state index in [1.54, 1.807) is 0 Å². The summed E-state index contributed by atoms with van der Waals surface area (Å²) < 4.78 is 5.56. The van der Waals surface area contributed by atoms with Crippen molar-refractivity contribution in [3.05, 3.63) is 54.6 Å².